The average Bonchev–Trinajstić information content (AvgIpc) is 2.29. The van der Waals surface area contributed by atoms with E-state index in [0.29, 0.717) is 11.3 Å². The molecule has 1 nitrogen and oxygen atoms in total. The fourth-order valence-corrected chi connectivity index (χ4v) is 2.05. The van der Waals surface area contributed by atoms with Gasteiger partial charge < -0.3 is 0 Å². The van der Waals surface area contributed by atoms with Crippen LogP contribution in [-0.2, 0) is 5.75 Å². The number of hydrogen-bond acceptors (Lipinski definition) is 2. The normalized spacial score (nSPS) is 10.2. The first-order valence-electron chi connectivity index (χ1n) is 4.63. The molecule has 1 heterocycles. The van der Waals surface area contributed by atoms with Gasteiger partial charge in [0.15, 0.2) is 0 Å². The minimum Gasteiger partial charge on any atom is -0.250 e. The fraction of sp³-hybridized carbons (Fsp3) is 0.0833. The van der Waals surface area contributed by atoms with E-state index in [-0.39, 0.29) is 5.82 Å². The van der Waals surface area contributed by atoms with Gasteiger partial charge in [-0.05, 0) is 23.8 Å². The maximum atomic E-state index is 13.3. The van der Waals surface area contributed by atoms with Gasteiger partial charge in [-0.15, -0.1) is 11.8 Å². The molecule has 0 aliphatic heterocycles. The average molecular weight is 219 g/mol. The first-order valence-corrected chi connectivity index (χ1v) is 5.62. The van der Waals surface area contributed by atoms with Crippen molar-refractivity contribution < 1.29 is 4.39 Å². The highest BCUT2D eigenvalue weighted by Crippen LogP contribution is 2.21. The summed E-state index contributed by atoms with van der Waals surface area (Å²) in [6.45, 7) is 0. The van der Waals surface area contributed by atoms with Gasteiger partial charge in [0, 0.05) is 11.9 Å². The molecule has 0 aliphatic carbocycles. The van der Waals surface area contributed by atoms with Gasteiger partial charge in [-0.2, -0.15) is 0 Å². The van der Waals surface area contributed by atoms with Crippen molar-refractivity contribution in [1.82, 2.24) is 4.98 Å². The monoisotopic (exact) mass is 219 g/mol. The first kappa shape index (κ1) is 10.2. The molecule has 0 radical (unpaired) electrons. The van der Waals surface area contributed by atoms with Crippen molar-refractivity contribution in [2.75, 3.05) is 0 Å². The van der Waals surface area contributed by atoms with Crippen LogP contribution in [0, 0.1) is 5.82 Å². The van der Waals surface area contributed by atoms with Crippen molar-refractivity contribution in [2.24, 2.45) is 0 Å². The summed E-state index contributed by atoms with van der Waals surface area (Å²) < 4.78 is 13.3. The summed E-state index contributed by atoms with van der Waals surface area (Å²) in [6, 6.07) is 12.5. The first-order chi connectivity index (χ1) is 7.36. The van der Waals surface area contributed by atoms with Crippen LogP contribution in [0.4, 0.5) is 4.39 Å². The van der Waals surface area contributed by atoms with E-state index in [0.717, 1.165) is 5.03 Å². The Labute approximate surface area is 92.4 Å². The third kappa shape index (κ3) is 2.80. The van der Waals surface area contributed by atoms with E-state index >= 15 is 0 Å². The number of aromatic nitrogens is 1. The van der Waals surface area contributed by atoms with Gasteiger partial charge in [0.2, 0.25) is 0 Å². The van der Waals surface area contributed by atoms with Crippen LogP contribution in [0.5, 0.6) is 0 Å². The van der Waals surface area contributed by atoms with Crippen molar-refractivity contribution in [3.63, 3.8) is 0 Å². The van der Waals surface area contributed by atoms with Crippen LogP contribution in [0.25, 0.3) is 0 Å². The van der Waals surface area contributed by atoms with Crippen LogP contribution in [0.1, 0.15) is 5.56 Å². The van der Waals surface area contributed by atoms with E-state index in [9.17, 15) is 4.39 Å². The second-order valence-corrected chi connectivity index (χ2v) is 4.04. The highest BCUT2D eigenvalue weighted by molar-refractivity contribution is 7.98. The molecule has 2 rings (SSSR count). The third-order valence-corrected chi connectivity index (χ3v) is 2.96. The summed E-state index contributed by atoms with van der Waals surface area (Å²) in [7, 11) is 0. The number of pyridine rings is 1. The molecule has 15 heavy (non-hydrogen) atoms. The van der Waals surface area contributed by atoms with E-state index in [1.807, 2.05) is 24.3 Å². The molecule has 1 aromatic carbocycles. The number of thioether (sulfide) groups is 1. The molecule has 0 atom stereocenters. The van der Waals surface area contributed by atoms with Crippen molar-refractivity contribution in [3.05, 3.63) is 60.0 Å². The molecule has 1 aromatic heterocycles. The maximum absolute atomic E-state index is 13.3. The quantitative estimate of drug-likeness (QED) is 0.733. The summed E-state index contributed by atoms with van der Waals surface area (Å²) in [6.07, 6.45) is 1.74. The Morgan fingerprint density at radius 2 is 1.87 bits per heavy atom. The predicted molar refractivity (Wildman–Crippen MR) is 60.2 cm³/mol. The summed E-state index contributed by atoms with van der Waals surface area (Å²) >= 11 is 1.54. The third-order valence-electron chi connectivity index (χ3n) is 1.97. The molecule has 2 aromatic rings. The van der Waals surface area contributed by atoms with E-state index < -0.39 is 0 Å². The van der Waals surface area contributed by atoms with Crippen molar-refractivity contribution >= 4 is 11.8 Å². The lowest BCUT2D eigenvalue weighted by Crippen LogP contribution is -1.87. The lowest BCUT2D eigenvalue weighted by molar-refractivity contribution is 0.617. The molecule has 0 spiro atoms. The summed E-state index contributed by atoms with van der Waals surface area (Å²) in [5.74, 6) is 0.463. The molecule has 0 aliphatic rings. The zero-order valence-corrected chi connectivity index (χ0v) is 8.88. The largest absolute Gasteiger partial charge is 0.250 e. The summed E-state index contributed by atoms with van der Waals surface area (Å²) in [5.41, 5.74) is 0.716. The zero-order valence-electron chi connectivity index (χ0n) is 8.06. The Morgan fingerprint density at radius 3 is 2.60 bits per heavy atom. The second-order valence-electron chi connectivity index (χ2n) is 3.05. The van der Waals surface area contributed by atoms with Crippen LogP contribution >= 0.6 is 11.8 Å². The van der Waals surface area contributed by atoms with Gasteiger partial charge in [-0.25, -0.2) is 9.37 Å². The molecule has 0 fully saturated rings. The number of hydrogen-bond donors (Lipinski definition) is 0. The molecular weight excluding hydrogens is 209 g/mol. The predicted octanol–water partition coefficient (Wildman–Crippen LogP) is 3.51. The number of nitrogens with zero attached hydrogens (tertiary/aromatic N) is 1. The van der Waals surface area contributed by atoms with Crippen molar-refractivity contribution in [3.8, 4) is 0 Å². The molecule has 0 unspecified atom stereocenters. The van der Waals surface area contributed by atoms with E-state index in [2.05, 4.69) is 4.98 Å². The Morgan fingerprint density at radius 1 is 1.07 bits per heavy atom. The summed E-state index contributed by atoms with van der Waals surface area (Å²) in [5, 5.41) is 0.917. The Kier molecular flexibility index (Phi) is 3.35. The fourth-order valence-electron chi connectivity index (χ4n) is 1.20. The summed E-state index contributed by atoms with van der Waals surface area (Å²) in [4.78, 5) is 4.16. The number of halogens is 1. The lowest BCUT2D eigenvalue weighted by atomic mass is 10.2. The minimum absolute atomic E-state index is 0.152. The molecule has 0 saturated carbocycles. The van der Waals surface area contributed by atoms with Crippen molar-refractivity contribution in [1.29, 1.82) is 0 Å². The molecule has 0 bridgehead atoms. The standard InChI is InChI=1S/C12H10FNS/c13-11-6-2-1-5-10(11)9-15-12-7-3-4-8-14-12/h1-8H,9H2. The molecule has 3 heteroatoms. The molecule has 0 saturated heterocycles. The number of benzene rings is 1. The maximum Gasteiger partial charge on any atom is 0.127 e. The van der Waals surface area contributed by atoms with Gasteiger partial charge in [0.25, 0.3) is 0 Å². The van der Waals surface area contributed by atoms with Crippen LogP contribution in [-0.4, -0.2) is 4.98 Å². The van der Waals surface area contributed by atoms with Gasteiger partial charge in [0.1, 0.15) is 5.82 Å². The van der Waals surface area contributed by atoms with Gasteiger partial charge in [0.05, 0.1) is 5.03 Å². The van der Waals surface area contributed by atoms with Gasteiger partial charge in [-0.3, -0.25) is 0 Å². The van der Waals surface area contributed by atoms with Gasteiger partial charge in [-0.1, -0.05) is 24.3 Å². The Balaban J connectivity index is 2.03. The minimum atomic E-state index is -0.152. The van der Waals surface area contributed by atoms with E-state index in [1.165, 1.54) is 17.8 Å². The van der Waals surface area contributed by atoms with E-state index in [4.69, 9.17) is 0 Å². The van der Waals surface area contributed by atoms with Crippen LogP contribution in [0.2, 0.25) is 0 Å². The molecular formula is C12H10FNS. The van der Waals surface area contributed by atoms with Crippen LogP contribution < -0.4 is 0 Å². The van der Waals surface area contributed by atoms with Gasteiger partial charge >= 0.3 is 0 Å². The number of rotatable bonds is 3. The Bertz CT molecular complexity index is 431. The zero-order chi connectivity index (χ0) is 10.5. The molecule has 76 valence electrons. The lowest BCUT2D eigenvalue weighted by Gasteiger charge is -2.01. The van der Waals surface area contributed by atoms with Crippen molar-refractivity contribution in [2.45, 2.75) is 10.8 Å². The smallest absolute Gasteiger partial charge is 0.127 e. The van der Waals surface area contributed by atoms with Crippen LogP contribution in [0.15, 0.2) is 53.7 Å². The SMILES string of the molecule is Fc1ccccc1CSc1ccccn1. The van der Waals surface area contributed by atoms with E-state index in [1.54, 1.807) is 18.3 Å². The highest BCUT2D eigenvalue weighted by atomic mass is 32.2. The van der Waals surface area contributed by atoms with Crippen LogP contribution in [0.3, 0.4) is 0 Å². The molecule has 0 amide bonds. The topological polar surface area (TPSA) is 12.9 Å². The second kappa shape index (κ2) is 4.94. The molecule has 0 N–H and O–H groups in total. The highest BCUT2D eigenvalue weighted by Gasteiger charge is 2.01. The Hall–Kier alpha value is -1.35.